The van der Waals surface area contributed by atoms with Gasteiger partial charge in [-0.15, -0.1) is 0 Å². The van der Waals surface area contributed by atoms with E-state index in [-0.39, 0.29) is 5.82 Å². The quantitative estimate of drug-likeness (QED) is 0.668. The molecule has 1 unspecified atom stereocenters. The Balaban J connectivity index is 1.91. The van der Waals surface area contributed by atoms with Gasteiger partial charge in [0.1, 0.15) is 4.47 Å². The Morgan fingerprint density at radius 3 is 2.83 bits per heavy atom. The first-order valence-corrected chi connectivity index (χ1v) is 6.91. The zero-order valence-electron chi connectivity index (χ0n) is 9.96. The van der Waals surface area contributed by atoms with Crippen LogP contribution < -0.4 is 0 Å². The van der Waals surface area contributed by atoms with E-state index in [1.54, 1.807) is 0 Å². The van der Waals surface area contributed by atoms with E-state index in [4.69, 9.17) is 0 Å². The second kappa shape index (κ2) is 5.79. The SMILES string of the molecule is O=[N+]([O-])c1nn(CC(O)CC2CCCC2)cc1Br. The van der Waals surface area contributed by atoms with Crippen LogP contribution in [0, 0.1) is 16.0 Å². The molecule has 1 aromatic rings. The monoisotopic (exact) mass is 317 g/mol. The molecule has 0 spiro atoms. The first-order chi connectivity index (χ1) is 8.56. The average Bonchev–Trinajstić information content (AvgIpc) is 2.88. The summed E-state index contributed by atoms with van der Waals surface area (Å²) in [5.41, 5.74) is 0. The minimum Gasteiger partial charge on any atom is -0.391 e. The number of nitro groups is 1. The third-order valence-electron chi connectivity index (χ3n) is 3.35. The molecule has 18 heavy (non-hydrogen) atoms. The Labute approximate surface area is 113 Å². The molecule has 0 aliphatic heterocycles. The summed E-state index contributed by atoms with van der Waals surface area (Å²) in [6.45, 7) is 0.308. The number of halogens is 1. The standard InChI is InChI=1S/C11H16BrN3O3/c12-10-7-14(13-11(10)15(17)18)6-9(16)5-8-3-1-2-4-8/h7-9,16H,1-6H2. The van der Waals surface area contributed by atoms with Crippen molar-refractivity contribution in [3.05, 3.63) is 20.8 Å². The predicted octanol–water partition coefficient (Wildman–Crippen LogP) is 2.50. The number of aliphatic hydroxyl groups excluding tert-OH is 1. The molecule has 1 aromatic heterocycles. The minimum atomic E-state index is -0.538. The van der Waals surface area contributed by atoms with Gasteiger partial charge < -0.3 is 15.2 Å². The van der Waals surface area contributed by atoms with E-state index in [0.29, 0.717) is 16.9 Å². The molecule has 1 N–H and O–H groups in total. The van der Waals surface area contributed by atoms with E-state index in [0.717, 1.165) is 6.42 Å². The van der Waals surface area contributed by atoms with Crippen LogP contribution in [0.5, 0.6) is 0 Å². The molecule has 1 atom stereocenters. The van der Waals surface area contributed by atoms with Crippen molar-refractivity contribution in [2.75, 3.05) is 0 Å². The molecule has 6 nitrogen and oxygen atoms in total. The van der Waals surface area contributed by atoms with Crippen LogP contribution in [0.1, 0.15) is 32.1 Å². The maximum atomic E-state index is 10.6. The van der Waals surface area contributed by atoms with Crippen molar-refractivity contribution in [3.8, 4) is 0 Å². The Hall–Kier alpha value is -0.950. The van der Waals surface area contributed by atoms with Crippen molar-refractivity contribution in [1.82, 2.24) is 9.78 Å². The smallest absolute Gasteiger partial charge is 0.391 e. The normalized spacial score (nSPS) is 18.1. The van der Waals surface area contributed by atoms with Gasteiger partial charge in [-0.1, -0.05) is 25.7 Å². The lowest BCUT2D eigenvalue weighted by atomic mass is 10.0. The van der Waals surface area contributed by atoms with Crippen LogP contribution in [0.2, 0.25) is 0 Å². The summed E-state index contributed by atoms with van der Waals surface area (Å²) < 4.78 is 1.78. The van der Waals surface area contributed by atoms with Crippen LogP contribution in [-0.4, -0.2) is 25.9 Å². The second-order valence-corrected chi connectivity index (χ2v) is 5.67. The summed E-state index contributed by atoms with van der Waals surface area (Å²) in [5.74, 6) is 0.386. The van der Waals surface area contributed by atoms with Crippen molar-refractivity contribution >= 4 is 21.7 Å². The van der Waals surface area contributed by atoms with Crippen molar-refractivity contribution in [3.63, 3.8) is 0 Å². The van der Waals surface area contributed by atoms with E-state index in [1.165, 1.54) is 36.6 Å². The van der Waals surface area contributed by atoms with Gasteiger partial charge in [0.2, 0.25) is 0 Å². The van der Waals surface area contributed by atoms with Gasteiger partial charge in [0, 0.05) is 0 Å². The van der Waals surface area contributed by atoms with Gasteiger partial charge in [0.05, 0.1) is 23.9 Å². The van der Waals surface area contributed by atoms with Crippen molar-refractivity contribution in [2.24, 2.45) is 5.92 Å². The molecule has 1 heterocycles. The summed E-state index contributed by atoms with van der Waals surface area (Å²) in [6.07, 6.45) is 6.66. The molecule has 100 valence electrons. The molecule has 0 saturated heterocycles. The molecule has 1 aliphatic carbocycles. The lowest BCUT2D eigenvalue weighted by Gasteiger charge is -2.13. The molecule has 2 rings (SSSR count). The molecule has 7 heteroatoms. The molecule has 0 bridgehead atoms. The maximum absolute atomic E-state index is 10.6. The van der Waals surface area contributed by atoms with Gasteiger partial charge in [0.25, 0.3) is 0 Å². The number of aliphatic hydroxyl groups is 1. The van der Waals surface area contributed by atoms with Crippen molar-refractivity contribution in [1.29, 1.82) is 0 Å². The van der Waals surface area contributed by atoms with Crippen LogP contribution in [0.3, 0.4) is 0 Å². The molecule has 1 aliphatic rings. The fraction of sp³-hybridized carbons (Fsp3) is 0.727. The maximum Gasteiger partial charge on any atom is 0.404 e. The van der Waals surface area contributed by atoms with E-state index in [2.05, 4.69) is 21.0 Å². The largest absolute Gasteiger partial charge is 0.404 e. The summed E-state index contributed by atoms with van der Waals surface area (Å²) in [5, 5.41) is 24.4. The molecule has 1 fully saturated rings. The molecule has 1 saturated carbocycles. The van der Waals surface area contributed by atoms with Gasteiger partial charge in [-0.3, -0.25) is 0 Å². The van der Waals surface area contributed by atoms with Gasteiger partial charge >= 0.3 is 5.82 Å². The van der Waals surface area contributed by atoms with Crippen LogP contribution >= 0.6 is 15.9 Å². The van der Waals surface area contributed by atoms with E-state index >= 15 is 0 Å². The fourth-order valence-corrected chi connectivity index (χ4v) is 2.99. The minimum absolute atomic E-state index is 0.205. The van der Waals surface area contributed by atoms with Crippen molar-refractivity contribution < 1.29 is 10.0 Å². The average molecular weight is 318 g/mol. The zero-order chi connectivity index (χ0) is 13.1. The van der Waals surface area contributed by atoms with Crippen LogP contribution in [0.15, 0.2) is 10.7 Å². The first kappa shape index (κ1) is 13.5. The Bertz CT molecular complexity index is 429. The Kier molecular flexibility index (Phi) is 4.34. The van der Waals surface area contributed by atoms with Crippen LogP contribution in [0.4, 0.5) is 5.82 Å². The summed E-state index contributed by atoms with van der Waals surface area (Å²) >= 11 is 3.09. The summed E-state index contributed by atoms with van der Waals surface area (Å²) in [7, 11) is 0. The third-order valence-corrected chi connectivity index (χ3v) is 3.91. The molecular weight excluding hydrogens is 302 g/mol. The molecule has 0 radical (unpaired) electrons. The van der Waals surface area contributed by atoms with E-state index in [9.17, 15) is 15.2 Å². The highest BCUT2D eigenvalue weighted by molar-refractivity contribution is 9.10. The van der Waals surface area contributed by atoms with Gasteiger partial charge in [0.15, 0.2) is 0 Å². The number of hydrogen-bond acceptors (Lipinski definition) is 4. The molecule has 0 amide bonds. The first-order valence-electron chi connectivity index (χ1n) is 6.11. The lowest BCUT2D eigenvalue weighted by molar-refractivity contribution is -0.390. The lowest BCUT2D eigenvalue weighted by Crippen LogP contribution is -2.19. The highest BCUT2D eigenvalue weighted by atomic mass is 79.9. The molecule has 0 aromatic carbocycles. The highest BCUT2D eigenvalue weighted by Gasteiger charge is 2.23. The van der Waals surface area contributed by atoms with Gasteiger partial charge in [-0.25, -0.2) is 0 Å². The number of aromatic nitrogens is 2. The second-order valence-electron chi connectivity index (χ2n) is 4.82. The van der Waals surface area contributed by atoms with Crippen molar-refractivity contribution in [2.45, 2.75) is 44.8 Å². The number of rotatable bonds is 5. The topological polar surface area (TPSA) is 81.2 Å². The number of hydrogen-bond donors (Lipinski definition) is 1. The van der Waals surface area contributed by atoms with Crippen LogP contribution in [0.25, 0.3) is 0 Å². The fourth-order valence-electron chi connectivity index (χ4n) is 2.53. The third kappa shape index (κ3) is 3.29. The number of nitrogens with zero attached hydrogens (tertiary/aromatic N) is 3. The molecular formula is C11H16BrN3O3. The van der Waals surface area contributed by atoms with Gasteiger partial charge in [-0.05, 0) is 33.2 Å². The summed E-state index contributed by atoms with van der Waals surface area (Å²) in [4.78, 5) is 10.1. The Morgan fingerprint density at radius 1 is 1.61 bits per heavy atom. The van der Waals surface area contributed by atoms with E-state index < -0.39 is 11.0 Å². The van der Waals surface area contributed by atoms with E-state index in [1.807, 2.05) is 0 Å². The zero-order valence-corrected chi connectivity index (χ0v) is 11.5. The summed E-state index contributed by atoms with van der Waals surface area (Å²) in [6, 6.07) is 0. The van der Waals surface area contributed by atoms with Gasteiger partial charge in [-0.2, -0.15) is 4.68 Å². The predicted molar refractivity (Wildman–Crippen MR) is 69.2 cm³/mol. The Morgan fingerprint density at radius 2 is 2.28 bits per heavy atom. The highest BCUT2D eigenvalue weighted by Crippen LogP contribution is 2.29. The van der Waals surface area contributed by atoms with Crippen LogP contribution in [-0.2, 0) is 6.54 Å².